The van der Waals surface area contributed by atoms with Gasteiger partial charge in [-0.15, -0.1) is 0 Å². The lowest BCUT2D eigenvalue weighted by Gasteiger charge is -2.43. The van der Waals surface area contributed by atoms with Crippen LogP contribution in [0, 0.1) is 5.82 Å². The highest BCUT2D eigenvalue weighted by atomic mass is 19.1. The predicted octanol–water partition coefficient (Wildman–Crippen LogP) is 6.60. The topological polar surface area (TPSA) is 35.9 Å². The quantitative estimate of drug-likeness (QED) is 0.282. The van der Waals surface area contributed by atoms with Crippen molar-refractivity contribution in [1.29, 1.82) is 0 Å². The van der Waals surface area contributed by atoms with Crippen molar-refractivity contribution in [2.75, 3.05) is 44.2 Å². The van der Waals surface area contributed by atoms with Crippen LogP contribution in [0.4, 0.5) is 10.1 Å². The third-order valence-electron chi connectivity index (χ3n) is 7.54. The highest BCUT2D eigenvalue weighted by molar-refractivity contribution is 5.48. The normalized spacial score (nSPS) is 16.8. The van der Waals surface area contributed by atoms with Gasteiger partial charge in [0.15, 0.2) is 0 Å². The Labute approximate surface area is 221 Å². The summed E-state index contributed by atoms with van der Waals surface area (Å²) in [4.78, 5) is 4.54. The van der Waals surface area contributed by atoms with E-state index in [4.69, 9.17) is 4.74 Å². The summed E-state index contributed by atoms with van der Waals surface area (Å²) >= 11 is 0. The zero-order chi connectivity index (χ0) is 26.1. The van der Waals surface area contributed by atoms with Gasteiger partial charge in [0.2, 0.25) is 0 Å². The van der Waals surface area contributed by atoms with E-state index in [9.17, 15) is 9.50 Å². The molecular weight excluding hydrogens is 463 g/mol. The van der Waals surface area contributed by atoms with Crippen molar-refractivity contribution >= 4 is 5.69 Å². The molecule has 1 saturated heterocycles. The number of anilines is 1. The number of piperazine rings is 1. The van der Waals surface area contributed by atoms with Crippen molar-refractivity contribution in [3.63, 3.8) is 0 Å². The van der Waals surface area contributed by atoms with Crippen LogP contribution in [0.1, 0.15) is 56.6 Å². The number of hydrogen-bond acceptors (Lipinski definition) is 4. The summed E-state index contributed by atoms with van der Waals surface area (Å²) in [6.07, 6.45) is 3.66. The highest BCUT2D eigenvalue weighted by Gasteiger charge is 2.40. The Morgan fingerprint density at radius 2 is 1.54 bits per heavy atom. The molecule has 1 N–H and O–H groups in total. The summed E-state index contributed by atoms with van der Waals surface area (Å²) in [6.45, 7) is 8.90. The van der Waals surface area contributed by atoms with Gasteiger partial charge in [-0.2, -0.15) is 0 Å². The lowest BCUT2D eigenvalue weighted by atomic mass is 9.74. The van der Waals surface area contributed by atoms with E-state index in [1.807, 2.05) is 42.5 Å². The fraction of sp³-hybridized carbons (Fsp3) is 0.438. The summed E-state index contributed by atoms with van der Waals surface area (Å²) < 4.78 is 20.2. The zero-order valence-electron chi connectivity index (χ0n) is 22.3. The molecule has 5 heteroatoms. The van der Waals surface area contributed by atoms with Crippen LogP contribution in [0.5, 0.6) is 5.75 Å². The van der Waals surface area contributed by atoms with Crippen LogP contribution in [0.3, 0.4) is 0 Å². The van der Waals surface area contributed by atoms with Gasteiger partial charge in [-0.25, -0.2) is 4.39 Å². The first kappa shape index (κ1) is 27.2. The second-order valence-corrected chi connectivity index (χ2v) is 10.1. The highest BCUT2D eigenvalue weighted by Crippen LogP contribution is 2.42. The van der Waals surface area contributed by atoms with Gasteiger partial charge in [0, 0.05) is 38.6 Å². The van der Waals surface area contributed by atoms with Gasteiger partial charge in [0.1, 0.15) is 11.6 Å². The maximum Gasteiger partial charge on any atom is 0.146 e. The third kappa shape index (κ3) is 6.71. The number of unbranched alkanes of at least 4 members (excludes halogenated alkanes) is 1. The van der Waals surface area contributed by atoms with E-state index >= 15 is 0 Å². The average molecular weight is 505 g/mol. The molecular formula is C32H41FN2O2. The lowest BCUT2D eigenvalue weighted by molar-refractivity contribution is -0.0141. The van der Waals surface area contributed by atoms with Gasteiger partial charge in [0.25, 0.3) is 0 Å². The molecule has 0 amide bonds. The van der Waals surface area contributed by atoms with Gasteiger partial charge >= 0.3 is 0 Å². The Balaban J connectivity index is 1.55. The fourth-order valence-electron chi connectivity index (χ4n) is 5.43. The summed E-state index contributed by atoms with van der Waals surface area (Å²) in [5, 5.41) is 12.4. The van der Waals surface area contributed by atoms with E-state index < -0.39 is 5.60 Å². The molecule has 0 aromatic heterocycles. The molecule has 0 unspecified atom stereocenters. The van der Waals surface area contributed by atoms with Crippen LogP contribution < -0.4 is 9.64 Å². The summed E-state index contributed by atoms with van der Waals surface area (Å²) in [6, 6.07) is 25.4. The number of rotatable bonds is 12. The van der Waals surface area contributed by atoms with Gasteiger partial charge in [-0.05, 0) is 48.2 Å². The Morgan fingerprint density at radius 1 is 0.865 bits per heavy atom. The smallest absolute Gasteiger partial charge is 0.146 e. The summed E-state index contributed by atoms with van der Waals surface area (Å²) in [5.41, 5.74) is 1.72. The van der Waals surface area contributed by atoms with Crippen molar-refractivity contribution in [2.45, 2.75) is 51.0 Å². The average Bonchev–Trinajstić information content (AvgIpc) is 2.93. The molecule has 37 heavy (non-hydrogen) atoms. The van der Waals surface area contributed by atoms with Crippen molar-refractivity contribution in [3.05, 3.63) is 95.8 Å². The van der Waals surface area contributed by atoms with Crippen molar-refractivity contribution in [1.82, 2.24) is 4.90 Å². The number of nitrogens with zero attached hydrogens (tertiary/aromatic N) is 2. The molecule has 0 bridgehead atoms. The maximum absolute atomic E-state index is 14.3. The first-order chi connectivity index (χ1) is 18.0. The molecule has 0 radical (unpaired) electrons. The molecule has 1 aliphatic rings. The fourth-order valence-corrected chi connectivity index (χ4v) is 5.43. The summed E-state index contributed by atoms with van der Waals surface area (Å²) in [7, 11) is 0. The number of benzene rings is 3. The van der Waals surface area contributed by atoms with Gasteiger partial charge in [-0.1, -0.05) is 81.3 Å². The Kier molecular flexibility index (Phi) is 9.59. The molecule has 1 fully saturated rings. The molecule has 4 nitrogen and oxygen atoms in total. The minimum atomic E-state index is -1.01. The van der Waals surface area contributed by atoms with Gasteiger partial charge < -0.3 is 14.7 Å². The Hall–Kier alpha value is -2.89. The molecule has 1 aliphatic heterocycles. The minimum Gasteiger partial charge on any atom is -0.494 e. The van der Waals surface area contributed by atoms with E-state index in [0.29, 0.717) is 18.7 Å². The van der Waals surface area contributed by atoms with Crippen LogP contribution in [0.2, 0.25) is 0 Å². The Morgan fingerprint density at radius 3 is 2.19 bits per heavy atom. The molecule has 3 aromatic rings. The van der Waals surface area contributed by atoms with Crippen molar-refractivity contribution < 1.29 is 14.2 Å². The number of ether oxygens (including phenoxy) is 1. The Bertz CT molecular complexity index is 1080. The zero-order valence-corrected chi connectivity index (χ0v) is 22.3. The van der Waals surface area contributed by atoms with E-state index in [2.05, 4.69) is 47.9 Å². The molecule has 0 aliphatic carbocycles. The molecule has 0 spiro atoms. The second kappa shape index (κ2) is 13.1. The third-order valence-corrected chi connectivity index (χ3v) is 7.54. The van der Waals surface area contributed by atoms with Crippen LogP contribution in [-0.4, -0.2) is 49.3 Å². The van der Waals surface area contributed by atoms with Gasteiger partial charge in [-0.3, -0.25) is 4.90 Å². The van der Waals surface area contributed by atoms with E-state index in [1.54, 1.807) is 6.07 Å². The number of para-hydroxylation sites is 1. The largest absolute Gasteiger partial charge is 0.494 e. The van der Waals surface area contributed by atoms with Crippen LogP contribution >= 0.6 is 0 Å². The van der Waals surface area contributed by atoms with E-state index in [1.165, 1.54) is 6.07 Å². The molecule has 4 rings (SSSR count). The number of hydrogen-bond donors (Lipinski definition) is 1. The van der Waals surface area contributed by atoms with Crippen LogP contribution in [0.25, 0.3) is 0 Å². The summed E-state index contributed by atoms with van der Waals surface area (Å²) in [5.74, 6) is 0.578. The molecule has 2 atom stereocenters. The van der Waals surface area contributed by atoms with Crippen LogP contribution in [0.15, 0.2) is 78.9 Å². The van der Waals surface area contributed by atoms with E-state index in [-0.39, 0.29) is 11.7 Å². The van der Waals surface area contributed by atoms with Crippen molar-refractivity contribution in [2.24, 2.45) is 0 Å². The predicted molar refractivity (Wildman–Crippen MR) is 150 cm³/mol. The second-order valence-electron chi connectivity index (χ2n) is 10.1. The molecule has 3 aromatic carbocycles. The first-order valence-electron chi connectivity index (χ1n) is 13.8. The lowest BCUT2D eigenvalue weighted by Crippen LogP contribution is -2.50. The maximum atomic E-state index is 14.3. The monoisotopic (exact) mass is 504 g/mol. The first-order valence-corrected chi connectivity index (χ1v) is 13.8. The van der Waals surface area contributed by atoms with Crippen LogP contribution in [-0.2, 0) is 5.60 Å². The van der Waals surface area contributed by atoms with E-state index in [0.717, 1.165) is 68.9 Å². The SMILES string of the molecule is CCCCOc1ccc([C@@](O)(CCC)[C@H](CN2CCN(c3ccccc3F)CC2)c2ccccc2)cc1. The number of halogens is 1. The number of aliphatic hydroxyl groups is 1. The standard InChI is InChI=1S/C32H41FN2O2/c1-3-5-24-37-28-17-15-27(16-18-28)32(36,19-4-2)29(26-11-7-6-8-12-26)25-34-20-22-35(23-21-34)31-14-10-9-13-30(31)33/h6-18,29,36H,3-5,19-25H2,1-2H3/t29-,32+/m1/s1. The molecule has 0 saturated carbocycles. The minimum absolute atomic E-state index is 0.0967. The molecule has 198 valence electrons. The van der Waals surface area contributed by atoms with Gasteiger partial charge in [0.05, 0.1) is 17.9 Å². The van der Waals surface area contributed by atoms with Crippen molar-refractivity contribution in [3.8, 4) is 5.75 Å². The molecule has 1 heterocycles.